The van der Waals surface area contributed by atoms with E-state index >= 15 is 0 Å². The minimum atomic E-state index is -0.390. The molecule has 24 heavy (non-hydrogen) atoms. The molecule has 6 heteroatoms. The van der Waals surface area contributed by atoms with Crippen molar-refractivity contribution in [3.8, 4) is 0 Å². The van der Waals surface area contributed by atoms with Crippen LogP contribution in [-0.2, 0) is 4.79 Å². The van der Waals surface area contributed by atoms with Crippen LogP contribution in [0, 0.1) is 0 Å². The van der Waals surface area contributed by atoms with E-state index in [0.29, 0.717) is 17.0 Å². The van der Waals surface area contributed by atoms with Crippen LogP contribution < -0.4 is 10.7 Å². The fourth-order valence-electron chi connectivity index (χ4n) is 2.01. The maximum atomic E-state index is 11.9. The van der Waals surface area contributed by atoms with Crippen molar-refractivity contribution in [3.05, 3.63) is 70.7 Å². The quantitative estimate of drug-likeness (QED) is 0.625. The van der Waals surface area contributed by atoms with Crippen LogP contribution >= 0.6 is 11.6 Å². The van der Waals surface area contributed by atoms with Crippen molar-refractivity contribution in [1.29, 1.82) is 0 Å². The SMILES string of the molecule is CCC(=NNC(=O)CNC(=O)c1ccc(Cl)cc1)c1ccccc1. The van der Waals surface area contributed by atoms with Gasteiger partial charge in [-0.15, -0.1) is 0 Å². The molecule has 0 saturated carbocycles. The highest BCUT2D eigenvalue weighted by Gasteiger charge is 2.08. The summed E-state index contributed by atoms with van der Waals surface area (Å²) in [5.41, 5.74) is 4.62. The minimum Gasteiger partial charge on any atom is -0.343 e. The number of carbonyl (C=O) groups excluding carboxylic acids is 2. The molecule has 124 valence electrons. The second-order valence-electron chi connectivity index (χ2n) is 5.00. The molecule has 0 fully saturated rings. The number of carbonyl (C=O) groups is 2. The zero-order chi connectivity index (χ0) is 17.4. The number of nitrogens with zero attached hydrogens (tertiary/aromatic N) is 1. The van der Waals surface area contributed by atoms with Crippen LogP contribution in [0.4, 0.5) is 0 Å². The van der Waals surface area contributed by atoms with Crippen LogP contribution in [0.1, 0.15) is 29.3 Å². The van der Waals surface area contributed by atoms with Crippen molar-refractivity contribution < 1.29 is 9.59 Å². The lowest BCUT2D eigenvalue weighted by atomic mass is 10.1. The minimum absolute atomic E-state index is 0.156. The van der Waals surface area contributed by atoms with Crippen LogP contribution in [-0.4, -0.2) is 24.1 Å². The Labute approximate surface area is 145 Å². The van der Waals surface area contributed by atoms with Gasteiger partial charge in [0.25, 0.3) is 11.8 Å². The number of hydrogen-bond donors (Lipinski definition) is 2. The van der Waals surface area contributed by atoms with Gasteiger partial charge in [-0.05, 0) is 36.2 Å². The standard InChI is InChI=1S/C18H18ClN3O2/c1-2-16(13-6-4-3-5-7-13)21-22-17(23)12-20-18(24)14-8-10-15(19)11-9-14/h3-11H,2,12H2,1H3,(H,20,24)(H,22,23). The molecule has 0 aliphatic carbocycles. The van der Waals surface area contributed by atoms with E-state index in [0.717, 1.165) is 11.3 Å². The van der Waals surface area contributed by atoms with Crippen molar-refractivity contribution in [2.75, 3.05) is 6.54 Å². The molecule has 2 N–H and O–H groups in total. The van der Waals surface area contributed by atoms with Crippen molar-refractivity contribution in [2.45, 2.75) is 13.3 Å². The summed E-state index contributed by atoms with van der Waals surface area (Å²) in [6, 6.07) is 16.0. The molecule has 0 aromatic heterocycles. The van der Waals surface area contributed by atoms with Gasteiger partial charge >= 0.3 is 0 Å². The van der Waals surface area contributed by atoms with Crippen molar-refractivity contribution in [2.24, 2.45) is 5.10 Å². The Morgan fingerprint density at radius 1 is 1.00 bits per heavy atom. The first-order chi connectivity index (χ1) is 11.6. The summed E-state index contributed by atoms with van der Waals surface area (Å²) in [6.45, 7) is 1.80. The molecule has 2 amide bonds. The molecule has 0 saturated heterocycles. The molecular formula is C18H18ClN3O2. The Kier molecular flexibility index (Phi) is 6.51. The fraction of sp³-hybridized carbons (Fsp3) is 0.167. The van der Waals surface area contributed by atoms with Crippen molar-refractivity contribution in [3.63, 3.8) is 0 Å². The number of hydrogen-bond acceptors (Lipinski definition) is 3. The summed E-state index contributed by atoms with van der Waals surface area (Å²) in [4.78, 5) is 23.7. The molecule has 2 aromatic rings. The highest BCUT2D eigenvalue weighted by Crippen LogP contribution is 2.09. The normalized spacial score (nSPS) is 11.0. The molecule has 0 spiro atoms. The molecule has 0 bridgehead atoms. The summed E-state index contributed by atoms with van der Waals surface area (Å²) < 4.78 is 0. The van der Waals surface area contributed by atoms with Gasteiger partial charge < -0.3 is 5.32 Å². The predicted molar refractivity (Wildman–Crippen MR) is 95.2 cm³/mol. The van der Waals surface area contributed by atoms with Gasteiger partial charge in [0.15, 0.2) is 0 Å². The van der Waals surface area contributed by atoms with Crippen molar-refractivity contribution in [1.82, 2.24) is 10.7 Å². The highest BCUT2D eigenvalue weighted by atomic mass is 35.5. The van der Waals surface area contributed by atoms with Gasteiger partial charge in [-0.25, -0.2) is 5.43 Å². The summed E-state index contributed by atoms with van der Waals surface area (Å²) in [7, 11) is 0. The maximum absolute atomic E-state index is 11.9. The third-order valence-electron chi connectivity index (χ3n) is 3.27. The van der Waals surface area contributed by atoms with E-state index in [-0.39, 0.29) is 18.4 Å². The average molecular weight is 344 g/mol. The van der Waals surface area contributed by atoms with Gasteiger partial charge in [0.1, 0.15) is 0 Å². The van der Waals surface area contributed by atoms with E-state index < -0.39 is 0 Å². The monoisotopic (exact) mass is 343 g/mol. The first kappa shape index (κ1) is 17.7. The van der Waals surface area contributed by atoms with E-state index in [1.165, 1.54) is 0 Å². The molecular weight excluding hydrogens is 326 g/mol. The maximum Gasteiger partial charge on any atom is 0.259 e. The summed E-state index contributed by atoms with van der Waals surface area (Å²) in [5, 5.41) is 7.21. The molecule has 0 unspecified atom stereocenters. The lowest BCUT2D eigenvalue weighted by Gasteiger charge is -2.06. The van der Waals surface area contributed by atoms with Crippen LogP contribution in [0.5, 0.6) is 0 Å². The Hall–Kier alpha value is -2.66. The van der Waals surface area contributed by atoms with Gasteiger partial charge in [-0.1, -0.05) is 48.9 Å². The number of benzene rings is 2. The van der Waals surface area contributed by atoms with E-state index in [9.17, 15) is 9.59 Å². The van der Waals surface area contributed by atoms with Crippen LogP contribution in [0.3, 0.4) is 0 Å². The van der Waals surface area contributed by atoms with E-state index in [1.807, 2.05) is 37.3 Å². The summed E-state index contributed by atoms with van der Waals surface area (Å²) in [5.74, 6) is -0.733. The predicted octanol–water partition coefficient (Wildman–Crippen LogP) is 3.00. The number of hydrazone groups is 1. The Balaban J connectivity index is 1.87. The third-order valence-corrected chi connectivity index (χ3v) is 3.53. The molecule has 0 heterocycles. The molecule has 0 radical (unpaired) electrons. The largest absolute Gasteiger partial charge is 0.343 e. The lowest BCUT2D eigenvalue weighted by Crippen LogP contribution is -2.35. The zero-order valence-electron chi connectivity index (χ0n) is 13.3. The highest BCUT2D eigenvalue weighted by molar-refractivity contribution is 6.30. The van der Waals surface area contributed by atoms with Gasteiger partial charge in [0, 0.05) is 10.6 Å². The smallest absolute Gasteiger partial charge is 0.259 e. The van der Waals surface area contributed by atoms with E-state index in [2.05, 4.69) is 15.8 Å². The first-order valence-corrected chi connectivity index (χ1v) is 7.92. The van der Waals surface area contributed by atoms with Crippen LogP contribution in [0.15, 0.2) is 59.7 Å². The molecule has 2 rings (SSSR count). The number of amides is 2. The first-order valence-electron chi connectivity index (χ1n) is 7.54. The summed E-state index contributed by atoms with van der Waals surface area (Å²) in [6.07, 6.45) is 0.682. The van der Waals surface area contributed by atoms with Gasteiger partial charge in [0.2, 0.25) is 0 Å². The molecule has 0 aliphatic heterocycles. The Bertz CT molecular complexity index is 728. The Morgan fingerprint density at radius 3 is 2.29 bits per heavy atom. The lowest BCUT2D eigenvalue weighted by molar-refractivity contribution is -0.120. The third kappa shape index (κ3) is 5.21. The average Bonchev–Trinajstić information content (AvgIpc) is 2.61. The molecule has 0 atom stereocenters. The second kappa shape index (κ2) is 8.84. The zero-order valence-corrected chi connectivity index (χ0v) is 14.0. The van der Waals surface area contributed by atoms with Crippen LogP contribution in [0.25, 0.3) is 0 Å². The molecule has 2 aromatic carbocycles. The topological polar surface area (TPSA) is 70.6 Å². The number of nitrogens with one attached hydrogen (secondary N) is 2. The Morgan fingerprint density at radius 2 is 1.67 bits per heavy atom. The number of rotatable bonds is 6. The van der Waals surface area contributed by atoms with Crippen molar-refractivity contribution >= 4 is 29.1 Å². The number of halogens is 1. The second-order valence-corrected chi connectivity index (χ2v) is 5.44. The van der Waals surface area contributed by atoms with Gasteiger partial charge in [-0.3, -0.25) is 9.59 Å². The van der Waals surface area contributed by atoms with Gasteiger partial charge in [0.05, 0.1) is 12.3 Å². The molecule has 5 nitrogen and oxygen atoms in total. The van der Waals surface area contributed by atoms with Gasteiger partial charge in [-0.2, -0.15) is 5.10 Å². The molecule has 0 aliphatic rings. The van der Waals surface area contributed by atoms with Crippen LogP contribution in [0.2, 0.25) is 5.02 Å². The van der Waals surface area contributed by atoms with E-state index in [1.54, 1.807) is 24.3 Å². The van der Waals surface area contributed by atoms with E-state index in [4.69, 9.17) is 11.6 Å². The summed E-state index contributed by atoms with van der Waals surface area (Å²) >= 11 is 5.77. The fourth-order valence-corrected chi connectivity index (χ4v) is 2.14.